The highest BCUT2D eigenvalue weighted by molar-refractivity contribution is 4.57. The molecule has 0 aliphatic rings. The Hall–Kier alpha value is -0.0400. The average molecular weight is 860 g/mol. The van der Waals surface area contributed by atoms with E-state index < -0.39 is 0 Å². The first-order chi connectivity index (χ1) is 30.2. The van der Waals surface area contributed by atoms with Gasteiger partial charge < -0.3 is 4.48 Å². The molecule has 0 N–H and O–H groups in total. The predicted molar refractivity (Wildman–Crippen MR) is 283 cm³/mol. The van der Waals surface area contributed by atoms with Crippen LogP contribution in [0.5, 0.6) is 0 Å². The first-order valence-electron chi connectivity index (χ1n) is 30.1. The van der Waals surface area contributed by atoms with Crippen LogP contribution in [0.1, 0.15) is 362 Å². The minimum Gasteiger partial charge on any atom is -0.324 e. The van der Waals surface area contributed by atoms with Crippen LogP contribution in [0, 0.1) is 0 Å². The number of quaternary nitrogens is 1. The Morgan fingerprint density at radius 1 is 0.131 bits per heavy atom. The lowest BCUT2D eigenvalue weighted by molar-refractivity contribution is -0.929. The lowest BCUT2D eigenvalue weighted by atomic mass is 10.0. The van der Waals surface area contributed by atoms with Crippen molar-refractivity contribution in [3.05, 3.63) is 0 Å². The molecule has 368 valence electrons. The van der Waals surface area contributed by atoms with Crippen LogP contribution in [0.4, 0.5) is 0 Å². The zero-order valence-corrected chi connectivity index (χ0v) is 44.0. The molecule has 0 rings (SSSR count). The molecule has 0 bridgehead atoms. The fourth-order valence-electron chi connectivity index (χ4n) is 10.5. The Morgan fingerprint density at radius 2 is 0.230 bits per heavy atom. The van der Waals surface area contributed by atoms with Gasteiger partial charge in [-0.05, 0) is 51.4 Å². The van der Waals surface area contributed by atoms with E-state index in [-0.39, 0.29) is 0 Å². The van der Waals surface area contributed by atoms with Crippen molar-refractivity contribution >= 4 is 0 Å². The van der Waals surface area contributed by atoms with Crippen LogP contribution >= 0.6 is 0 Å². The molecule has 1 heteroatoms. The van der Waals surface area contributed by atoms with Crippen molar-refractivity contribution in [3.8, 4) is 0 Å². The van der Waals surface area contributed by atoms with Gasteiger partial charge in [-0.1, -0.05) is 310 Å². The van der Waals surface area contributed by atoms with Crippen LogP contribution in [0.15, 0.2) is 0 Å². The van der Waals surface area contributed by atoms with Gasteiger partial charge in [0.1, 0.15) is 0 Å². The molecule has 61 heavy (non-hydrogen) atoms. The summed E-state index contributed by atoms with van der Waals surface area (Å²) in [5.74, 6) is 0. The summed E-state index contributed by atoms with van der Waals surface area (Å²) < 4.78 is 1.49. The molecule has 0 aromatic heterocycles. The third-order valence-corrected chi connectivity index (χ3v) is 14.9. The Labute approximate surface area is 390 Å². The van der Waals surface area contributed by atoms with Crippen molar-refractivity contribution in [2.24, 2.45) is 0 Å². The van der Waals surface area contributed by atoms with Gasteiger partial charge in [0, 0.05) is 0 Å². The molecule has 0 aromatic carbocycles. The minimum absolute atomic E-state index is 1.37. The van der Waals surface area contributed by atoms with Gasteiger partial charge in [-0.2, -0.15) is 0 Å². The topological polar surface area (TPSA) is 0 Å². The van der Waals surface area contributed by atoms with Crippen LogP contribution in [0.2, 0.25) is 0 Å². The average Bonchev–Trinajstić information content (AvgIpc) is 3.27. The third kappa shape index (κ3) is 49.2. The zero-order valence-electron chi connectivity index (χ0n) is 44.0. The highest BCUT2D eigenvalue weighted by Gasteiger charge is 2.25. The first-order valence-corrected chi connectivity index (χ1v) is 30.1. The van der Waals surface area contributed by atoms with Crippen molar-refractivity contribution in [2.45, 2.75) is 362 Å². The zero-order chi connectivity index (χ0) is 44.1. The van der Waals surface area contributed by atoms with E-state index in [1.807, 2.05) is 0 Å². The smallest absolute Gasteiger partial charge is 0.0786 e. The van der Waals surface area contributed by atoms with Crippen molar-refractivity contribution in [1.82, 2.24) is 0 Å². The van der Waals surface area contributed by atoms with Gasteiger partial charge in [0.15, 0.2) is 0 Å². The number of rotatable bonds is 56. The summed E-state index contributed by atoms with van der Waals surface area (Å²) in [6.45, 7) is 15.3. The number of hydrogen-bond donors (Lipinski definition) is 0. The second kappa shape index (κ2) is 54.3. The van der Waals surface area contributed by atoms with Gasteiger partial charge in [-0.3, -0.25) is 0 Å². The van der Waals surface area contributed by atoms with Gasteiger partial charge in [0.05, 0.1) is 26.2 Å². The standard InChI is InChI=1S/C60H124N/c1-5-9-13-17-21-25-29-33-37-41-45-49-53-57-61(58-54-50-46-42-38-34-30-26-22-18-14-10-6-2,59-55-51-47-43-39-35-31-27-23-19-15-11-7-3)60-56-52-48-44-40-36-32-28-24-20-16-12-8-4/h5-60H2,1-4H3/q+1. The molecular formula is C60H124N+. The fraction of sp³-hybridized carbons (Fsp3) is 1.00. The Bertz CT molecular complexity index is 618. The summed E-state index contributed by atoms with van der Waals surface area (Å²) in [4.78, 5) is 0. The predicted octanol–water partition coefficient (Wildman–Crippen LogP) is 22.2. The van der Waals surface area contributed by atoms with Crippen molar-refractivity contribution in [2.75, 3.05) is 26.2 Å². The molecule has 0 saturated carbocycles. The lowest BCUT2D eigenvalue weighted by Gasteiger charge is -2.40. The van der Waals surface area contributed by atoms with Gasteiger partial charge in [0.25, 0.3) is 0 Å². The lowest BCUT2D eigenvalue weighted by Crippen LogP contribution is -2.50. The molecule has 1 nitrogen and oxygen atoms in total. The van der Waals surface area contributed by atoms with Crippen LogP contribution in [-0.4, -0.2) is 30.7 Å². The second-order valence-electron chi connectivity index (χ2n) is 21.2. The first kappa shape index (κ1) is 61.0. The molecule has 0 spiro atoms. The normalized spacial score (nSPS) is 12.0. The number of unbranched alkanes of at least 4 members (excludes halogenated alkanes) is 48. The molecular weight excluding hydrogens is 735 g/mol. The molecule has 0 amide bonds. The van der Waals surface area contributed by atoms with E-state index in [4.69, 9.17) is 0 Å². The maximum Gasteiger partial charge on any atom is 0.0786 e. The van der Waals surface area contributed by atoms with Crippen molar-refractivity contribution in [3.63, 3.8) is 0 Å². The van der Waals surface area contributed by atoms with Crippen molar-refractivity contribution in [1.29, 1.82) is 0 Å². The highest BCUT2D eigenvalue weighted by Crippen LogP contribution is 2.22. The minimum atomic E-state index is 1.37. The van der Waals surface area contributed by atoms with Crippen LogP contribution in [0.25, 0.3) is 0 Å². The van der Waals surface area contributed by atoms with E-state index >= 15 is 0 Å². The molecule has 0 atom stereocenters. The molecule has 0 heterocycles. The van der Waals surface area contributed by atoms with Crippen LogP contribution in [0.3, 0.4) is 0 Å². The summed E-state index contributed by atoms with van der Waals surface area (Å²) in [5, 5.41) is 0. The number of hydrogen-bond acceptors (Lipinski definition) is 0. The van der Waals surface area contributed by atoms with Gasteiger partial charge in [-0.25, -0.2) is 0 Å². The molecule has 0 fully saturated rings. The monoisotopic (exact) mass is 859 g/mol. The fourth-order valence-corrected chi connectivity index (χ4v) is 10.5. The second-order valence-corrected chi connectivity index (χ2v) is 21.2. The van der Waals surface area contributed by atoms with Crippen LogP contribution in [-0.2, 0) is 0 Å². The van der Waals surface area contributed by atoms with E-state index in [0.29, 0.717) is 0 Å². The highest BCUT2D eigenvalue weighted by atomic mass is 15.3. The van der Waals surface area contributed by atoms with Gasteiger partial charge >= 0.3 is 0 Å². The van der Waals surface area contributed by atoms with E-state index in [9.17, 15) is 0 Å². The molecule has 0 aliphatic heterocycles. The summed E-state index contributed by atoms with van der Waals surface area (Å²) in [6.07, 6.45) is 76.7. The summed E-state index contributed by atoms with van der Waals surface area (Å²) >= 11 is 0. The maximum atomic E-state index is 2.33. The van der Waals surface area contributed by atoms with E-state index in [2.05, 4.69) is 27.7 Å². The third-order valence-electron chi connectivity index (χ3n) is 14.9. The summed E-state index contributed by atoms with van der Waals surface area (Å²) in [6, 6.07) is 0. The van der Waals surface area contributed by atoms with Gasteiger partial charge in [0.2, 0.25) is 0 Å². The Morgan fingerprint density at radius 3 is 0.344 bits per heavy atom. The van der Waals surface area contributed by atoms with E-state index in [1.54, 1.807) is 0 Å². The molecule has 0 unspecified atom stereocenters. The quantitative estimate of drug-likeness (QED) is 0.0422. The number of nitrogens with zero attached hydrogens (tertiary/aromatic N) is 1. The summed E-state index contributed by atoms with van der Waals surface area (Å²) in [5.41, 5.74) is 0. The van der Waals surface area contributed by atoms with Gasteiger partial charge in [-0.15, -0.1) is 0 Å². The molecule has 0 aromatic rings. The largest absolute Gasteiger partial charge is 0.324 e. The van der Waals surface area contributed by atoms with Crippen molar-refractivity contribution < 1.29 is 4.48 Å². The van der Waals surface area contributed by atoms with E-state index in [1.165, 1.54) is 365 Å². The Balaban J connectivity index is 4.92. The maximum absolute atomic E-state index is 2.33. The Kier molecular flexibility index (Phi) is 54.3. The molecule has 0 aliphatic carbocycles. The molecule has 0 radical (unpaired) electrons. The SMILES string of the molecule is CCCCCCCCCCCCCCC[N+](CCCCCCCCCCCCCCC)(CCCCCCCCCCCCCCC)CCCCCCCCCCCCCCC. The van der Waals surface area contributed by atoms with Crippen LogP contribution < -0.4 is 0 Å². The van der Waals surface area contributed by atoms with E-state index in [0.717, 1.165) is 0 Å². The summed E-state index contributed by atoms with van der Waals surface area (Å²) in [7, 11) is 0. The molecule has 0 saturated heterocycles.